The summed E-state index contributed by atoms with van der Waals surface area (Å²) in [6.45, 7) is 2.44. The molecule has 1 aromatic carbocycles. The molecule has 4 nitrogen and oxygen atoms in total. The Morgan fingerprint density at radius 3 is 2.44 bits per heavy atom. The maximum Gasteiger partial charge on any atom is 0.224 e. The van der Waals surface area contributed by atoms with E-state index < -0.39 is 6.10 Å². The monoisotopic (exact) mass is 222 g/mol. The van der Waals surface area contributed by atoms with Crippen LogP contribution in [-0.2, 0) is 17.8 Å². The minimum absolute atomic E-state index is 0.0820. The first-order valence-corrected chi connectivity index (χ1v) is 5.34. The molecule has 0 aromatic heterocycles. The highest BCUT2D eigenvalue weighted by Gasteiger charge is 2.04. The van der Waals surface area contributed by atoms with Gasteiger partial charge in [-0.2, -0.15) is 0 Å². The molecule has 0 saturated heterocycles. The first-order chi connectivity index (χ1) is 7.61. The van der Waals surface area contributed by atoms with Crippen LogP contribution in [0.3, 0.4) is 0 Å². The third kappa shape index (κ3) is 4.42. The van der Waals surface area contributed by atoms with Crippen LogP contribution in [0.4, 0.5) is 0 Å². The molecule has 0 radical (unpaired) electrons. The van der Waals surface area contributed by atoms with Crippen LogP contribution >= 0.6 is 0 Å². The second-order valence-electron chi connectivity index (χ2n) is 3.85. The van der Waals surface area contributed by atoms with Gasteiger partial charge in [0.2, 0.25) is 5.91 Å². The summed E-state index contributed by atoms with van der Waals surface area (Å²) in [6.07, 6.45) is -0.180. The molecule has 0 bridgehead atoms. The lowest BCUT2D eigenvalue weighted by Gasteiger charge is -2.07. The summed E-state index contributed by atoms with van der Waals surface area (Å²) >= 11 is 0. The molecular weight excluding hydrogens is 204 g/mol. The number of nitrogens with one attached hydrogen (secondary N) is 1. The fraction of sp³-hybridized carbons (Fsp3) is 0.417. The quantitative estimate of drug-likeness (QED) is 0.665. The van der Waals surface area contributed by atoms with E-state index in [4.69, 9.17) is 10.8 Å². The van der Waals surface area contributed by atoms with Gasteiger partial charge in [0.05, 0.1) is 12.5 Å². The molecule has 0 aliphatic carbocycles. The lowest BCUT2D eigenvalue weighted by Crippen LogP contribution is -2.31. The van der Waals surface area contributed by atoms with Crippen LogP contribution in [-0.4, -0.2) is 23.7 Å². The topological polar surface area (TPSA) is 75.3 Å². The predicted molar refractivity (Wildman–Crippen MR) is 62.7 cm³/mol. The Morgan fingerprint density at radius 1 is 1.38 bits per heavy atom. The van der Waals surface area contributed by atoms with Crippen molar-refractivity contribution in [2.24, 2.45) is 5.73 Å². The van der Waals surface area contributed by atoms with Gasteiger partial charge >= 0.3 is 0 Å². The Hall–Kier alpha value is -1.39. The zero-order chi connectivity index (χ0) is 12.0. The van der Waals surface area contributed by atoms with Gasteiger partial charge in [-0.15, -0.1) is 0 Å². The molecule has 1 atom stereocenters. The van der Waals surface area contributed by atoms with E-state index in [1.54, 1.807) is 6.92 Å². The third-order valence-corrected chi connectivity index (χ3v) is 2.22. The van der Waals surface area contributed by atoms with Crippen LogP contribution in [0.1, 0.15) is 18.1 Å². The third-order valence-electron chi connectivity index (χ3n) is 2.22. The van der Waals surface area contributed by atoms with Gasteiger partial charge in [0.15, 0.2) is 0 Å². The summed E-state index contributed by atoms with van der Waals surface area (Å²) in [6, 6.07) is 7.61. The molecule has 0 spiro atoms. The molecular formula is C12H18N2O2. The van der Waals surface area contributed by atoms with Crippen molar-refractivity contribution in [2.75, 3.05) is 6.54 Å². The number of carbonyl (C=O) groups is 1. The number of aliphatic hydroxyl groups excluding tert-OH is 1. The first kappa shape index (κ1) is 12.7. The number of hydrogen-bond acceptors (Lipinski definition) is 3. The first-order valence-electron chi connectivity index (χ1n) is 5.34. The molecule has 4 N–H and O–H groups in total. The van der Waals surface area contributed by atoms with Crippen molar-refractivity contribution in [1.82, 2.24) is 5.32 Å². The average Bonchev–Trinajstić information content (AvgIpc) is 2.27. The van der Waals surface area contributed by atoms with Gasteiger partial charge in [-0.3, -0.25) is 4.79 Å². The van der Waals surface area contributed by atoms with Gasteiger partial charge in [-0.05, 0) is 18.1 Å². The summed E-state index contributed by atoms with van der Waals surface area (Å²) in [5.74, 6) is -0.0820. The Balaban J connectivity index is 2.43. The molecule has 16 heavy (non-hydrogen) atoms. The zero-order valence-corrected chi connectivity index (χ0v) is 9.44. The van der Waals surface area contributed by atoms with Crippen molar-refractivity contribution in [1.29, 1.82) is 0 Å². The number of carbonyl (C=O) groups excluding carboxylic acids is 1. The van der Waals surface area contributed by atoms with Crippen LogP contribution in [0.25, 0.3) is 0 Å². The smallest absolute Gasteiger partial charge is 0.224 e. The Labute approximate surface area is 95.5 Å². The van der Waals surface area contributed by atoms with Crippen LogP contribution in [0.15, 0.2) is 24.3 Å². The second-order valence-corrected chi connectivity index (χ2v) is 3.85. The van der Waals surface area contributed by atoms with Gasteiger partial charge < -0.3 is 16.2 Å². The molecule has 0 saturated carbocycles. The number of aliphatic hydroxyl groups is 1. The summed E-state index contributed by atoms with van der Waals surface area (Å²) in [7, 11) is 0. The Kier molecular flexibility index (Phi) is 4.95. The molecule has 0 aliphatic rings. The van der Waals surface area contributed by atoms with Crippen molar-refractivity contribution in [3.05, 3.63) is 35.4 Å². The molecule has 1 rings (SSSR count). The minimum atomic E-state index is -0.511. The highest BCUT2D eigenvalue weighted by Crippen LogP contribution is 2.04. The molecule has 0 aliphatic heterocycles. The highest BCUT2D eigenvalue weighted by atomic mass is 16.3. The van der Waals surface area contributed by atoms with Crippen molar-refractivity contribution >= 4 is 5.91 Å². The van der Waals surface area contributed by atoms with Gasteiger partial charge in [0, 0.05) is 13.1 Å². The van der Waals surface area contributed by atoms with Crippen LogP contribution in [0, 0.1) is 0 Å². The largest absolute Gasteiger partial charge is 0.392 e. The van der Waals surface area contributed by atoms with Gasteiger partial charge in [-0.25, -0.2) is 0 Å². The number of rotatable bonds is 5. The second kappa shape index (κ2) is 6.25. The molecule has 88 valence electrons. The summed E-state index contributed by atoms with van der Waals surface area (Å²) in [4.78, 5) is 11.4. The zero-order valence-electron chi connectivity index (χ0n) is 9.44. The van der Waals surface area contributed by atoms with E-state index in [-0.39, 0.29) is 5.91 Å². The average molecular weight is 222 g/mol. The van der Waals surface area contributed by atoms with E-state index in [0.29, 0.717) is 19.5 Å². The standard InChI is InChI=1S/C12H18N2O2/c1-9(15)8-14-12(16)6-10-2-4-11(7-13)5-3-10/h2-5,9,15H,6-8,13H2,1H3,(H,14,16)/t9-/m1/s1. The summed E-state index contributed by atoms with van der Waals surface area (Å²) in [5.41, 5.74) is 7.47. The van der Waals surface area contributed by atoms with E-state index >= 15 is 0 Å². The van der Waals surface area contributed by atoms with Gasteiger partial charge in [-0.1, -0.05) is 24.3 Å². The fourth-order valence-corrected chi connectivity index (χ4v) is 1.30. The molecule has 0 heterocycles. The number of nitrogens with two attached hydrogens (primary N) is 1. The summed E-state index contributed by atoms with van der Waals surface area (Å²) < 4.78 is 0. The SMILES string of the molecule is C[C@@H](O)CNC(=O)Cc1ccc(CN)cc1. The van der Waals surface area contributed by atoms with Crippen molar-refractivity contribution < 1.29 is 9.90 Å². The molecule has 4 heteroatoms. The van der Waals surface area contributed by atoms with Crippen LogP contribution in [0.2, 0.25) is 0 Å². The number of hydrogen-bond donors (Lipinski definition) is 3. The van der Waals surface area contributed by atoms with E-state index in [1.807, 2.05) is 24.3 Å². The maximum absolute atomic E-state index is 11.4. The van der Waals surface area contributed by atoms with Gasteiger partial charge in [0.25, 0.3) is 0 Å². The fourth-order valence-electron chi connectivity index (χ4n) is 1.30. The van der Waals surface area contributed by atoms with Crippen molar-refractivity contribution in [2.45, 2.75) is 26.0 Å². The minimum Gasteiger partial charge on any atom is -0.392 e. The van der Waals surface area contributed by atoms with Crippen molar-refractivity contribution in [3.63, 3.8) is 0 Å². The molecule has 0 fully saturated rings. The lowest BCUT2D eigenvalue weighted by atomic mass is 10.1. The van der Waals surface area contributed by atoms with Crippen molar-refractivity contribution in [3.8, 4) is 0 Å². The normalized spacial score (nSPS) is 12.2. The molecule has 0 unspecified atom stereocenters. The van der Waals surface area contributed by atoms with Crippen LogP contribution in [0.5, 0.6) is 0 Å². The summed E-state index contributed by atoms with van der Waals surface area (Å²) in [5, 5.41) is 11.7. The molecule has 1 aromatic rings. The molecule has 1 amide bonds. The van der Waals surface area contributed by atoms with E-state index in [9.17, 15) is 4.79 Å². The maximum atomic E-state index is 11.4. The lowest BCUT2D eigenvalue weighted by molar-refractivity contribution is -0.120. The van der Waals surface area contributed by atoms with Gasteiger partial charge in [0.1, 0.15) is 0 Å². The Bertz CT molecular complexity index is 333. The van der Waals surface area contributed by atoms with E-state index in [1.165, 1.54) is 0 Å². The van der Waals surface area contributed by atoms with Crippen LogP contribution < -0.4 is 11.1 Å². The Morgan fingerprint density at radius 2 is 1.94 bits per heavy atom. The number of amides is 1. The van der Waals surface area contributed by atoms with E-state index in [2.05, 4.69) is 5.32 Å². The number of benzene rings is 1. The predicted octanol–water partition coefficient (Wildman–Crippen LogP) is 0.185. The highest BCUT2D eigenvalue weighted by molar-refractivity contribution is 5.78. The van der Waals surface area contributed by atoms with E-state index in [0.717, 1.165) is 11.1 Å².